The molecular formula is C25H28ClN7O2. The van der Waals surface area contributed by atoms with Crippen molar-refractivity contribution in [2.45, 2.75) is 25.0 Å². The number of nitrogens with one attached hydrogen (secondary N) is 1. The van der Waals surface area contributed by atoms with Gasteiger partial charge < -0.3 is 10.1 Å². The molecule has 3 aromatic rings. The van der Waals surface area contributed by atoms with E-state index in [0.717, 1.165) is 37.8 Å². The molecule has 1 fully saturated rings. The number of carbonyl (C=O) groups excluding carboxylic acids is 1. The normalized spacial score (nSPS) is 15.9. The molecule has 0 saturated carbocycles. The van der Waals surface area contributed by atoms with Gasteiger partial charge >= 0.3 is 6.01 Å². The van der Waals surface area contributed by atoms with Crippen molar-refractivity contribution in [3.8, 4) is 23.0 Å². The van der Waals surface area contributed by atoms with E-state index in [1.54, 1.807) is 55.1 Å². The second-order valence-corrected chi connectivity index (χ2v) is 8.89. The minimum atomic E-state index is 0.107. The molecule has 9 nitrogen and oxygen atoms in total. The van der Waals surface area contributed by atoms with Crippen LogP contribution in [-0.4, -0.2) is 75.4 Å². The van der Waals surface area contributed by atoms with Crippen molar-refractivity contribution in [2.75, 3.05) is 32.5 Å². The molecule has 0 radical (unpaired) electrons. The highest BCUT2D eigenvalue weighted by atomic mass is 35.5. The summed E-state index contributed by atoms with van der Waals surface area (Å²) in [7, 11) is 4.04. The predicted octanol–water partition coefficient (Wildman–Crippen LogP) is 3.90. The fraction of sp³-hybridized carbons (Fsp3) is 0.320. The average Bonchev–Trinajstić information content (AvgIpc) is 2.86. The van der Waals surface area contributed by atoms with Crippen LogP contribution in [0.25, 0.3) is 11.3 Å². The van der Waals surface area contributed by atoms with Crippen molar-refractivity contribution in [2.24, 2.45) is 0 Å². The van der Waals surface area contributed by atoms with Gasteiger partial charge in [0.2, 0.25) is 0 Å². The van der Waals surface area contributed by atoms with Crippen molar-refractivity contribution in [3.05, 3.63) is 66.2 Å². The van der Waals surface area contributed by atoms with Crippen molar-refractivity contribution >= 4 is 23.7 Å². The summed E-state index contributed by atoms with van der Waals surface area (Å²) in [4.78, 5) is 32.8. The maximum atomic E-state index is 10.7. The molecule has 0 aliphatic carbocycles. The zero-order valence-corrected chi connectivity index (χ0v) is 20.5. The van der Waals surface area contributed by atoms with Crippen molar-refractivity contribution in [1.29, 1.82) is 0 Å². The average molecular weight is 494 g/mol. The molecule has 182 valence electrons. The molecule has 1 aliphatic heterocycles. The van der Waals surface area contributed by atoms with Gasteiger partial charge in [-0.2, -0.15) is 0 Å². The Kier molecular flexibility index (Phi) is 8.36. The summed E-state index contributed by atoms with van der Waals surface area (Å²) in [6, 6.07) is 7.58. The second-order valence-electron chi connectivity index (χ2n) is 8.46. The molecule has 1 aromatic carbocycles. The number of anilines is 1. The van der Waals surface area contributed by atoms with Crippen LogP contribution in [0.5, 0.6) is 11.8 Å². The molecule has 1 unspecified atom stereocenters. The first kappa shape index (κ1) is 24.7. The fourth-order valence-corrected chi connectivity index (χ4v) is 4.17. The van der Waals surface area contributed by atoms with Gasteiger partial charge in [-0.1, -0.05) is 17.7 Å². The first-order valence-corrected chi connectivity index (χ1v) is 11.8. The van der Waals surface area contributed by atoms with E-state index in [1.165, 1.54) is 0 Å². The lowest BCUT2D eigenvalue weighted by molar-refractivity contribution is -0.104. The van der Waals surface area contributed by atoms with Crippen molar-refractivity contribution in [3.63, 3.8) is 0 Å². The monoisotopic (exact) mass is 493 g/mol. The largest absolute Gasteiger partial charge is 0.424 e. The van der Waals surface area contributed by atoms with Gasteiger partial charge in [-0.15, -0.1) is 0 Å². The first-order chi connectivity index (χ1) is 17.0. The molecule has 0 spiro atoms. The number of ether oxygens (including phenoxy) is 1. The molecule has 1 saturated heterocycles. The Morgan fingerprint density at radius 2 is 1.94 bits per heavy atom. The number of nitrogens with zero attached hydrogens (tertiary/aromatic N) is 6. The van der Waals surface area contributed by atoms with Crippen LogP contribution in [0.2, 0.25) is 5.02 Å². The van der Waals surface area contributed by atoms with Gasteiger partial charge in [-0.3, -0.25) is 19.6 Å². The maximum absolute atomic E-state index is 10.7. The summed E-state index contributed by atoms with van der Waals surface area (Å²) in [5.41, 5.74) is 1.42. The van der Waals surface area contributed by atoms with Crippen LogP contribution in [0, 0.1) is 0 Å². The molecule has 0 amide bonds. The first-order valence-electron chi connectivity index (χ1n) is 11.4. The topological polar surface area (TPSA) is 96.4 Å². The summed E-state index contributed by atoms with van der Waals surface area (Å²) in [5.74, 6) is 1.28. The standard InChI is InChI=1S/C25H28ClN7O2/c1-32(2)24(7-4-12-34)33-10-8-20(9-11-33)30-23-17-27-16-22(31-23)18-14-28-25(29-15-18)35-21-6-3-5-19(26)13-21/h3-7,12-17,20,24H,8-11H2,1-2H3,(H,30,31)/b7-4+. The van der Waals surface area contributed by atoms with E-state index >= 15 is 0 Å². The van der Waals surface area contributed by atoms with Gasteiger partial charge in [0, 0.05) is 42.1 Å². The van der Waals surface area contributed by atoms with Crippen LogP contribution >= 0.6 is 11.6 Å². The number of aldehydes is 1. The van der Waals surface area contributed by atoms with Gasteiger partial charge in [0.25, 0.3) is 0 Å². The summed E-state index contributed by atoms with van der Waals surface area (Å²) < 4.78 is 5.65. The molecule has 4 rings (SSSR count). The molecule has 1 N–H and O–H groups in total. The number of allylic oxidation sites excluding steroid dienone is 1. The molecule has 0 bridgehead atoms. The van der Waals surface area contributed by atoms with Crippen LogP contribution in [0.15, 0.2) is 61.2 Å². The highest BCUT2D eigenvalue weighted by molar-refractivity contribution is 6.30. The quantitative estimate of drug-likeness (QED) is 0.351. The highest BCUT2D eigenvalue weighted by Gasteiger charge is 2.25. The predicted molar refractivity (Wildman–Crippen MR) is 135 cm³/mol. The number of carbonyl (C=O) groups is 1. The number of piperidine rings is 1. The lowest BCUT2D eigenvalue weighted by Gasteiger charge is -2.39. The van der Waals surface area contributed by atoms with Crippen LogP contribution in [-0.2, 0) is 4.79 Å². The fourth-order valence-electron chi connectivity index (χ4n) is 3.99. The van der Waals surface area contributed by atoms with Crippen LogP contribution in [0.3, 0.4) is 0 Å². The third kappa shape index (κ3) is 6.82. The molecule has 10 heteroatoms. The lowest BCUT2D eigenvalue weighted by Crippen LogP contribution is -2.49. The Morgan fingerprint density at radius 3 is 2.63 bits per heavy atom. The zero-order chi connectivity index (χ0) is 24.6. The molecule has 2 aromatic heterocycles. The Bertz CT molecular complexity index is 1150. The third-order valence-corrected chi connectivity index (χ3v) is 5.95. The van der Waals surface area contributed by atoms with Crippen LogP contribution in [0.4, 0.5) is 5.82 Å². The van der Waals surface area contributed by atoms with Gasteiger partial charge in [0.1, 0.15) is 17.9 Å². The van der Waals surface area contributed by atoms with Gasteiger partial charge in [-0.05, 0) is 57.3 Å². The molecule has 1 aliphatic rings. The minimum Gasteiger partial charge on any atom is -0.424 e. The smallest absolute Gasteiger partial charge is 0.321 e. The molecular weight excluding hydrogens is 466 g/mol. The number of hydrogen-bond acceptors (Lipinski definition) is 9. The molecule has 1 atom stereocenters. The number of halogens is 1. The summed E-state index contributed by atoms with van der Waals surface area (Å²) in [6.07, 6.45) is 13.1. The number of aromatic nitrogens is 4. The SMILES string of the molecule is CN(C)C(/C=C/C=O)N1CCC(Nc2cncc(-c3cnc(Oc4cccc(Cl)c4)nc3)n2)CC1. The Balaban J connectivity index is 1.35. The van der Waals surface area contributed by atoms with Gasteiger partial charge in [0.05, 0.1) is 24.3 Å². The van der Waals surface area contributed by atoms with E-state index in [4.69, 9.17) is 21.3 Å². The summed E-state index contributed by atoms with van der Waals surface area (Å²) in [6.45, 7) is 1.83. The van der Waals surface area contributed by atoms with Gasteiger partial charge in [-0.25, -0.2) is 15.0 Å². The number of likely N-dealkylation sites (N-methyl/N-ethyl adjacent to an activating group) is 1. The van der Waals surface area contributed by atoms with E-state index in [1.807, 2.05) is 20.2 Å². The van der Waals surface area contributed by atoms with E-state index < -0.39 is 0 Å². The molecule has 35 heavy (non-hydrogen) atoms. The minimum absolute atomic E-state index is 0.107. The lowest BCUT2D eigenvalue weighted by atomic mass is 10.0. The maximum Gasteiger partial charge on any atom is 0.321 e. The molecule has 3 heterocycles. The second kappa shape index (κ2) is 11.8. The van der Waals surface area contributed by atoms with E-state index in [2.05, 4.69) is 30.1 Å². The van der Waals surface area contributed by atoms with E-state index in [9.17, 15) is 4.79 Å². The van der Waals surface area contributed by atoms with E-state index in [-0.39, 0.29) is 12.2 Å². The Labute approximate surface area is 209 Å². The van der Waals surface area contributed by atoms with E-state index in [0.29, 0.717) is 28.3 Å². The van der Waals surface area contributed by atoms with Crippen LogP contribution < -0.4 is 10.1 Å². The Morgan fingerprint density at radius 1 is 1.17 bits per heavy atom. The Hall–Kier alpha value is -3.40. The van der Waals surface area contributed by atoms with Crippen LogP contribution in [0.1, 0.15) is 12.8 Å². The third-order valence-electron chi connectivity index (χ3n) is 5.71. The number of rotatable bonds is 9. The van der Waals surface area contributed by atoms with Crippen molar-refractivity contribution < 1.29 is 9.53 Å². The van der Waals surface area contributed by atoms with Gasteiger partial charge in [0.15, 0.2) is 0 Å². The number of benzene rings is 1. The summed E-state index contributed by atoms with van der Waals surface area (Å²) in [5, 5.41) is 4.09. The highest BCUT2D eigenvalue weighted by Crippen LogP contribution is 2.24. The number of hydrogen-bond donors (Lipinski definition) is 1. The zero-order valence-electron chi connectivity index (χ0n) is 19.7. The number of likely N-dealkylation sites (tertiary alicyclic amines) is 1. The summed E-state index contributed by atoms with van der Waals surface area (Å²) >= 11 is 5.99. The van der Waals surface area contributed by atoms with Crippen molar-refractivity contribution in [1.82, 2.24) is 29.7 Å².